The van der Waals surface area contributed by atoms with Gasteiger partial charge in [0.15, 0.2) is 11.3 Å². The zero-order valence-electron chi connectivity index (χ0n) is 16.3. The molecule has 0 unspecified atom stereocenters. The predicted molar refractivity (Wildman–Crippen MR) is 114 cm³/mol. The van der Waals surface area contributed by atoms with Gasteiger partial charge in [-0.2, -0.15) is 5.10 Å². The van der Waals surface area contributed by atoms with Crippen LogP contribution in [0.25, 0.3) is 22.4 Å². The van der Waals surface area contributed by atoms with E-state index >= 15 is 0 Å². The van der Waals surface area contributed by atoms with Crippen LogP contribution in [0, 0.1) is 0 Å². The van der Waals surface area contributed by atoms with Crippen LogP contribution in [0.5, 0.6) is 0 Å². The second kappa shape index (κ2) is 6.91. The van der Waals surface area contributed by atoms with Gasteiger partial charge in [-0.15, -0.1) is 10.2 Å². The average Bonchev–Trinajstić information content (AvgIpc) is 3.44. The number of hydrogen-bond donors (Lipinski definition) is 0. The van der Waals surface area contributed by atoms with Crippen molar-refractivity contribution in [3.63, 3.8) is 0 Å². The van der Waals surface area contributed by atoms with E-state index in [1.54, 1.807) is 6.33 Å². The molecule has 0 N–H and O–H groups in total. The number of fused-ring (bicyclic) bond motifs is 2. The Labute approximate surface area is 172 Å². The van der Waals surface area contributed by atoms with E-state index in [0.29, 0.717) is 5.92 Å². The molecule has 0 atom stereocenters. The molecule has 5 aromatic rings. The van der Waals surface area contributed by atoms with E-state index in [1.165, 1.54) is 0 Å². The van der Waals surface area contributed by atoms with Gasteiger partial charge in [0.25, 0.3) is 0 Å². The molecule has 1 aromatic carbocycles. The fourth-order valence-electron chi connectivity index (χ4n) is 4.33. The van der Waals surface area contributed by atoms with Crippen molar-refractivity contribution in [3.05, 3.63) is 73.1 Å². The number of pyridine rings is 1. The van der Waals surface area contributed by atoms with Crippen LogP contribution in [0.4, 0.5) is 5.82 Å². The molecule has 0 amide bonds. The van der Waals surface area contributed by atoms with Crippen LogP contribution in [0.3, 0.4) is 0 Å². The molecule has 1 aliphatic heterocycles. The maximum absolute atomic E-state index is 4.60. The lowest BCUT2D eigenvalue weighted by atomic mass is 9.96. The molecule has 1 fully saturated rings. The minimum Gasteiger partial charge on any atom is -0.356 e. The Bertz CT molecular complexity index is 1320. The zero-order valence-corrected chi connectivity index (χ0v) is 16.3. The van der Waals surface area contributed by atoms with Crippen LogP contribution in [-0.2, 0) is 0 Å². The third-order valence-corrected chi connectivity index (χ3v) is 5.85. The number of hydrogen-bond acceptors (Lipinski definition) is 6. The normalized spacial score (nSPS) is 15.3. The number of nitrogens with zero attached hydrogens (tertiary/aromatic N) is 8. The molecule has 1 aliphatic rings. The highest BCUT2D eigenvalue weighted by Crippen LogP contribution is 2.32. The van der Waals surface area contributed by atoms with Crippen molar-refractivity contribution in [3.8, 4) is 5.69 Å². The Morgan fingerprint density at radius 1 is 0.867 bits per heavy atom. The minimum atomic E-state index is 0.392. The van der Waals surface area contributed by atoms with Gasteiger partial charge in [0.2, 0.25) is 0 Å². The number of benzene rings is 1. The van der Waals surface area contributed by atoms with E-state index in [-0.39, 0.29) is 0 Å². The van der Waals surface area contributed by atoms with E-state index in [2.05, 4.69) is 34.6 Å². The first kappa shape index (κ1) is 17.1. The Kier molecular flexibility index (Phi) is 3.93. The van der Waals surface area contributed by atoms with Crippen molar-refractivity contribution in [1.29, 1.82) is 0 Å². The van der Waals surface area contributed by atoms with Crippen molar-refractivity contribution in [2.75, 3.05) is 18.0 Å². The summed E-state index contributed by atoms with van der Waals surface area (Å²) in [5.74, 6) is 2.39. The molecule has 0 spiro atoms. The fourth-order valence-corrected chi connectivity index (χ4v) is 4.33. The molecule has 5 heterocycles. The van der Waals surface area contributed by atoms with Crippen LogP contribution >= 0.6 is 0 Å². The molecule has 0 radical (unpaired) electrons. The first-order chi connectivity index (χ1) is 14.9. The van der Waals surface area contributed by atoms with Crippen molar-refractivity contribution in [2.45, 2.75) is 18.8 Å². The van der Waals surface area contributed by atoms with Gasteiger partial charge >= 0.3 is 0 Å². The summed E-state index contributed by atoms with van der Waals surface area (Å²) in [4.78, 5) is 11.4. The molecule has 6 rings (SSSR count). The maximum atomic E-state index is 4.60. The lowest BCUT2D eigenvalue weighted by Gasteiger charge is -2.32. The number of para-hydroxylation sites is 1. The summed E-state index contributed by atoms with van der Waals surface area (Å²) in [6, 6.07) is 16.1. The molecule has 8 nitrogen and oxygen atoms in total. The second-order valence-electron chi connectivity index (χ2n) is 7.57. The molecule has 8 heteroatoms. The van der Waals surface area contributed by atoms with Crippen LogP contribution < -0.4 is 4.90 Å². The van der Waals surface area contributed by atoms with Gasteiger partial charge < -0.3 is 4.90 Å². The number of anilines is 1. The molecular weight excluding hydrogens is 376 g/mol. The van der Waals surface area contributed by atoms with E-state index in [1.807, 2.05) is 65.6 Å². The molecule has 4 aromatic heterocycles. The predicted octanol–water partition coefficient (Wildman–Crippen LogP) is 3.24. The molecule has 0 saturated carbocycles. The summed E-state index contributed by atoms with van der Waals surface area (Å²) in [6.45, 7) is 1.82. The van der Waals surface area contributed by atoms with Crippen molar-refractivity contribution < 1.29 is 0 Å². The third kappa shape index (κ3) is 2.72. The van der Waals surface area contributed by atoms with Crippen LogP contribution in [0.1, 0.15) is 24.6 Å². The number of rotatable bonds is 3. The molecular formula is C22H20N8. The first-order valence-corrected chi connectivity index (χ1v) is 10.2. The van der Waals surface area contributed by atoms with Gasteiger partial charge in [0.05, 0.1) is 17.3 Å². The van der Waals surface area contributed by atoms with Gasteiger partial charge in [-0.3, -0.25) is 4.40 Å². The molecule has 30 heavy (non-hydrogen) atoms. The van der Waals surface area contributed by atoms with Crippen molar-refractivity contribution in [1.82, 2.24) is 34.3 Å². The Morgan fingerprint density at radius 2 is 1.70 bits per heavy atom. The fraction of sp³-hybridized carbons (Fsp3) is 0.227. The first-order valence-electron chi connectivity index (χ1n) is 10.2. The molecule has 0 aliphatic carbocycles. The number of piperidine rings is 1. The van der Waals surface area contributed by atoms with Gasteiger partial charge in [0, 0.05) is 25.2 Å². The molecule has 148 valence electrons. The highest BCUT2D eigenvalue weighted by molar-refractivity contribution is 5.87. The van der Waals surface area contributed by atoms with Crippen LogP contribution in [-0.4, -0.2) is 47.4 Å². The van der Waals surface area contributed by atoms with E-state index < -0.39 is 0 Å². The average molecular weight is 396 g/mol. The Balaban J connectivity index is 1.28. The monoisotopic (exact) mass is 396 g/mol. The highest BCUT2D eigenvalue weighted by Gasteiger charge is 2.26. The third-order valence-electron chi connectivity index (χ3n) is 5.85. The van der Waals surface area contributed by atoms with E-state index in [9.17, 15) is 0 Å². The second-order valence-corrected chi connectivity index (χ2v) is 7.57. The maximum Gasteiger partial charge on any atom is 0.168 e. The van der Waals surface area contributed by atoms with Gasteiger partial charge in [-0.1, -0.05) is 24.3 Å². The Morgan fingerprint density at radius 3 is 2.57 bits per heavy atom. The standard InChI is InChI=1S/C22H20N8/c1-2-6-17(7-3-1)30-22-18(14-25-30)21(23-15-24-22)28-12-9-16(10-13-28)20-27-26-19-8-4-5-11-29(19)20/h1-8,11,14-16H,9-10,12-13H2. The summed E-state index contributed by atoms with van der Waals surface area (Å²) in [6.07, 6.45) is 7.57. The summed E-state index contributed by atoms with van der Waals surface area (Å²) in [5, 5.41) is 14.3. The molecule has 1 saturated heterocycles. The summed E-state index contributed by atoms with van der Waals surface area (Å²) >= 11 is 0. The number of aromatic nitrogens is 7. The molecule has 0 bridgehead atoms. The summed E-state index contributed by atoms with van der Waals surface area (Å²) in [7, 11) is 0. The zero-order chi connectivity index (χ0) is 19.9. The quantitative estimate of drug-likeness (QED) is 0.466. The van der Waals surface area contributed by atoms with Gasteiger partial charge in [0.1, 0.15) is 18.0 Å². The highest BCUT2D eigenvalue weighted by atomic mass is 15.3. The largest absolute Gasteiger partial charge is 0.356 e. The van der Waals surface area contributed by atoms with Gasteiger partial charge in [-0.05, 0) is 37.1 Å². The smallest absolute Gasteiger partial charge is 0.168 e. The lowest BCUT2D eigenvalue weighted by molar-refractivity contribution is 0.481. The van der Waals surface area contributed by atoms with Crippen LogP contribution in [0.2, 0.25) is 0 Å². The topological polar surface area (TPSA) is 77.0 Å². The Hall–Kier alpha value is -3.81. The lowest BCUT2D eigenvalue weighted by Crippen LogP contribution is -2.34. The van der Waals surface area contributed by atoms with Crippen molar-refractivity contribution >= 4 is 22.5 Å². The summed E-state index contributed by atoms with van der Waals surface area (Å²) in [5.41, 5.74) is 2.73. The SMILES string of the molecule is c1ccc(-n2ncc3c(N4CCC(c5nnc6ccccn56)CC4)ncnc32)cc1. The van der Waals surface area contributed by atoms with Crippen molar-refractivity contribution in [2.24, 2.45) is 0 Å². The van der Waals surface area contributed by atoms with Crippen LogP contribution in [0.15, 0.2) is 67.3 Å². The minimum absolute atomic E-state index is 0.392. The van der Waals surface area contributed by atoms with Gasteiger partial charge in [-0.25, -0.2) is 14.6 Å². The van der Waals surface area contributed by atoms with E-state index in [4.69, 9.17) is 0 Å². The summed E-state index contributed by atoms with van der Waals surface area (Å²) < 4.78 is 3.97. The van der Waals surface area contributed by atoms with E-state index in [0.717, 1.165) is 59.9 Å².